The smallest absolute Gasteiger partial charge is 0.331 e. The van der Waals surface area contributed by atoms with Crippen LogP contribution in [0.15, 0.2) is 24.3 Å². The average molecular weight is 288 g/mol. The van der Waals surface area contributed by atoms with Crippen LogP contribution in [0.5, 0.6) is 0 Å². The largest absolute Gasteiger partial charge is 0.479 e. The zero-order valence-electron chi connectivity index (χ0n) is 11.4. The van der Waals surface area contributed by atoms with Crippen LogP contribution in [0, 0.1) is 0 Å². The molecule has 1 aromatic rings. The fourth-order valence-electron chi connectivity index (χ4n) is 3.07. The van der Waals surface area contributed by atoms with Crippen molar-refractivity contribution in [2.24, 2.45) is 0 Å². The Morgan fingerprint density at radius 1 is 1.24 bits per heavy atom. The Morgan fingerprint density at radius 3 is 2.67 bits per heavy atom. The number of carboxylic acid groups (broad SMARTS) is 1. The van der Waals surface area contributed by atoms with Crippen LogP contribution in [0.2, 0.25) is 0 Å². The average Bonchev–Trinajstić information content (AvgIpc) is 2.91. The highest BCUT2D eigenvalue weighted by Crippen LogP contribution is 2.31. The van der Waals surface area contributed by atoms with E-state index in [1.165, 1.54) is 4.90 Å². The highest BCUT2D eigenvalue weighted by molar-refractivity contribution is 5.93. The summed E-state index contributed by atoms with van der Waals surface area (Å²) in [6, 6.07) is 5.72. The van der Waals surface area contributed by atoms with Crippen LogP contribution < -0.4 is 5.32 Å². The Hall–Kier alpha value is -2.37. The molecule has 1 aromatic carbocycles. The molecule has 2 heterocycles. The number of benzene rings is 1. The number of nitrogens with one attached hydrogen (secondary N) is 1. The number of amides is 2. The van der Waals surface area contributed by atoms with Crippen LogP contribution in [0.4, 0.5) is 0 Å². The minimum absolute atomic E-state index is 0.155. The monoisotopic (exact) mass is 288 g/mol. The molecule has 2 unspecified atom stereocenters. The molecule has 0 radical (unpaired) electrons. The van der Waals surface area contributed by atoms with Crippen molar-refractivity contribution in [3.05, 3.63) is 35.4 Å². The molecular weight excluding hydrogens is 272 g/mol. The van der Waals surface area contributed by atoms with Gasteiger partial charge in [0.1, 0.15) is 6.04 Å². The summed E-state index contributed by atoms with van der Waals surface area (Å²) in [6.45, 7) is 0.360. The van der Waals surface area contributed by atoms with Gasteiger partial charge in [-0.2, -0.15) is 0 Å². The quantitative estimate of drug-likeness (QED) is 0.828. The van der Waals surface area contributed by atoms with E-state index in [0.717, 1.165) is 5.56 Å². The minimum Gasteiger partial charge on any atom is -0.479 e. The van der Waals surface area contributed by atoms with Crippen molar-refractivity contribution in [2.45, 2.75) is 31.3 Å². The summed E-state index contributed by atoms with van der Waals surface area (Å²) in [5.41, 5.74) is 1.62. The highest BCUT2D eigenvalue weighted by Gasteiger charge is 2.40. The van der Waals surface area contributed by atoms with Gasteiger partial charge < -0.3 is 15.3 Å². The van der Waals surface area contributed by atoms with Crippen molar-refractivity contribution < 1.29 is 19.5 Å². The van der Waals surface area contributed by atoms with Crippen molar-refractivity contribution in [3.8, 4) is 0 Å². The van der Waals surface area contributed by atoms with Crippen LogP contribution >= 0.6 is 0 Å². The van der Waals surface area contributed by atoms with Crippen LogP contribution in [0.3, 0.4) is 0 Å². The minimum atomic E-state index is -1.04. The van der Waals surface area contributed by atoms with Crippen molar-refractivity contribution in [3.63, 3.8) is 0 Å². The van der Waals surface area contributed by atoms with Crippen LogP contribution in [0.1, 0.15) is 30.0 Å². The molecule has 6 nitrogen and oxygen atoms in total. The SMILES string of the molecule is O=C1CCC(C(=O)N2CCc3ccccc3C2C(=O)O)N1. The summed E-state index contributed by atoms with van der Waals surface area (Å²) in [7, 11) is 0. The molecule has 0 aromatic heterocycles. The predicted molar refractivity (Wildman–Crippen MR) is 73.4 cm³/mol. The van der Waals surface area contributed by atoms with E-state index in [4.69, 9.17) is 0 Å². The molecular formula is C15H16N2O4. The van der Waals surface area contributed by atoms with Gasteiger partial charge in [0.05, 0.1) is 0 Å². The Labute approximate surface area is 121 Å². The van der Waals surface area contributed by atoms with Gasteiger partial charge in [-0.25, -0.2) is 4.79 Å². The van der Waals surface area contributed by atoms with E-state index in [1.54, 1.807) is 12.1 Å². The van der Waals surface area contributed by atoms with E-state index < -0.39 is 18.1 Å². The second-order valence-electron chi connectivity index (χ2n) is 5.38. The number of nitrogens with zero attached hydrogens (tertiary/aromatic N) is 1. The van der Waals surface area contributed by atoms with E-state index in [9.17, 15) is 19.5 Å². The maximum absolute atomic E-state index is 12.5. The molecule has 3 rings (SSSR count). The number of rotatable bonds is 2. The van der Waals surface area contributed by atoms with Crippen LogP contribution in [-0.2, 0) is 20.8 Å². The van der Waals surface area contributed by atoms with Crippen molar-refractivity contribution in [2.75, 3.05) is 6.54 Å². The van der Waals surface area contributed by atoms with Gasteiger partial charge in [0.15, 0.2) is 6.04 Å². The molecule has 2 aliphatic rings. The first-order valence-electron chi connectivity index (χ1n) is 6.98. The molecule has 21 heavy (non-hydrogen) atoms. The van der Waals surface area contributed by atoms with Gasteiger partial charge in [0, 0.05) is 13.0 Å². The van der Waals surface area contributed by atoms with E-state index in [0.29, 0.717) is 31.4 Å². The summed E-state index contributed by atoms with van der Waals surface area (Å²) in [4.78, 5) is 36.8. The van der Waals surface area contributed by atoms with Crippen molar-refractivity contribution >= 4 is 17.8 Å². The molecule has 6 heteroatoms. The number of fused-ring (bicyclic) bond motifs is 1. The number of aliphatic carboxylic acids is 1. The van der Waals surface area contributed by atoms with Gasteiger partial charge in [-0.3, -0.25) is 9.59 Å². The molecule has 0 saturated carbocycles. The number of hydrogen-bond donors (Lipinski definition) is 2. The lowest BCUT2D eigenvalue weighted by Crippen LogP contribution is -2.50. The van der Waals surface area contributed by atoms with Gasteiger partial charge in [-0.1, -0.05) is 24.3 Å². The lowest BCUT2D eigenvalue weighted by Gasteiger charge is -2.36. The molecule has 1 saturated heterocycles. The first kappa shape index (κ1) is 13.6. The van der Waals surface area contributed by atoms with Gasteiger partial charge in [-0.05, 0) is 24.0 Å². The lowest BCUT2D eigenvalue weighted by atomic mass is 9.92. The van der Waals surface area contributed by atoms with Crippen LogP contribution in [0.25, 0.3) is 0 Å². The lowest BCUT2D eigenvalue weighted by molar-refractivity contribution is -0.152. The first-order chi connectivity index (χ1) is 10.1. The number of hydrogen-bond acceptors (Lipinski definition) is 3. The van der Waals surface area contributed by atoms with E-state index in [2.05, 4.69) is 5.32 Å². The molecule has 2 aliphatic heterocycles. The molecule has 2 atom stereocenters. The maximum atomic E-state index is 12.5. The number of carboxylic acids is 1. The van der Waals surface area contributed by atoms with Crippen LogP contribution in [-0.4, -0.2) is 40.4 Å². The number of carbonyl (C=O) groups excluding carboxylic acids is 2. The summed E-state index contributed by atoms with van der Waals surface area (Å²) >= 11 is 0. The van der Waals surface area contributed by atoms with Crippen molar-refractivity contribution in [1.29, 1.82) is 0 Å². The molecule has 1 fully saturated rings. The first-order valence-corrected chi connectivity index (χ1v) is 6.98. The summed E-state index contributed by atoms with van der Waals surface area (Å²) < 4.78 is 0. The number of carbonyl (C=O) groups is 3. The Morgan fingerprint density at radius 2 is 2.00 bits per heavy atom. The highest BCUT2D eigenvalue weighted by atomic mass is 16.4. The van der Waals surface area contributed by atoms with E-state index >= 15 is 0 Å². The molecule has 110 valence electrons. The second kappa shape index (κ2) is 5.20. The standard InChI is InChI=1S/C15H16N2O4/c18-12-6-5-11(16-12)14(19)17-8-7-9-3-1-2-4-10(9)13(17)15(20)21/h1-4,11,13H,5-8H2,(H,16,18)(H,20,21). The molecule has 0 aliphatic carbocycles. The summed E-state index contributed by atoms with van der Waals surface area (Å²) in [5.74, 6) is -1.50. The zero-order chi connectivity index (χ0) is 15.0. The topological polar surface area (TPSA) is 86.7 Å². The Bertz CT molecular complexity index is 613. The van der Waals surface area contributed by atoms with Crippen molar-refractivity contribution in [1.82, 2.24) is 10.2 Å². The summed E-state index contributed by atoms with van der Waals surface area (Å²) in [6.07, 6.45) is 1.38. The molecule has 2 amide bonds. The molecule has 2 N–H and O–H groups in total. The third-order valence-corrected chi connectivity index (χ3v) is 4.09. The zero-order valence-corrected chi connectivity index (χ0v) is 11.4. The van der Waals surface area contributed by atoms with E-state index in [-0.39, 0.29) is 11.8 Å². The van der Waals surface area contributed by atoms with Gasteiger partial charge in [0.25, 0.3) is 0 Å². The maximum Gasteiger partial charge on any atom is 0.331 e. The van der Waals surface area contributed by atoms with E-state index in [1.807, 2.05) is 12.1 Å². The normalized spacial score (nSPS) is 24.4. The fourth-order valence-corrected chi connectivity index (χ4v) is 3.07. The third-order valence-electron chi connectivity index (χ3n) is 4.09. The molecule has 0 bridgehead atoms. The van der Waals surface area contributed by atoms with Gasteiger partial charge >= 0.3 is 5.97 Å². The predicted octanol–water partition coefficient (Wildman–Crippen LogP) is 0.476. The fraction of sp³-hybridized carbons (Fsp3) is 0.400. The Balaban J connectivity index is 1.90. The Kier molecular flexibility index (Phi) is 3.37. The van der Waals surface area contributed by atoms with Gasteiger partial charge in [-0.15, -0.1) is 0 Å². The molecule has 0 spiro atoms. The second-order valence-corrected chi connectivity index (χ2v) is 5.38. The summed E-state index contributed by atoms with van der Waals surface area (Å²) in [5, 5.41) is 12.1. The third kappa shape index (κ3) is 2.37. The van der Waals surface area contributed by atoms with Gasteiger partial charge in [0.2, 0.25) is 11.8 Å².